The molecule has 1 atom stereocenters. The van der Waals surface area contributed by atoms with Crippen LogP contribution in [-0.4, -0.2) is 18.2 Å². The van der Waals surface area contributed by atoms with Gasteiger partial charge in [-0.25, -0.2) is 4.79 Å². The van der Waals surface area contributed by atoms with Crippen molar-refractivity contribution in [2.75, 3.05) is 0 Å². The Balaban J connectivity index is 4.16. The van der Waals surface area contributed by atoms with E-state index in [1.54, 1.807) is 13.8 Å². The SMILES string of the molecule is C=COC(CC)C(=C)C(=O)OOC(C)C. The fraction of sp³-hybridized carbons (Fsp3) is 0.545. The van der Waals surface area contributed by atoms with Gasteiger partial charge in [0.2, 0.25) is 0 Å². The summed E-state index contributed by atoms with van der Waals surface area (Å²) in [5.74, 6) is -0.614. The number of hydrogen-bond acceptors (Lipinski definition) is 4. The van der Waals surface area contributed by atoms with Gasteiger partial charge in [-0.2, -0.15) is 4.89 Å². The van der Waals surface area contributed by atoms with Crippen LogP contribution in [0, 0.1) is 0 Å². The minimum Gasteiger partial charge on any atom is -0.494 e. The van der Waals surface area contributed by atoms with E-state index < -0.39 is 12.1 Å². The van der Waals surface area contributed by atoms with E-state index in [9.17, 15) is 4.79 Å². The van der Waals surface area contributed by atoms with Gasteiger partial charge in [-0.05, 0) is 20.3 Å². The second-order valence-corrected chi connectivity index (χ2v) is 3.24. The Labute approximate surface area is 90.4 Å². The Morgan fingerprint density at radius 2 is 2.07 bits per heavy atom. The van der Waals surface area contributed by atoms with Gasteiger partial charge in [-0.3, -0.25) is 4.89 Å². The number of carbonyl (C=O) groups excluding carboxylic acids is 1. The molecule has 0 aromatic carbocycles. The minimum absolute atomic E-state index is 0.179. The number of carbonyl (C=O) groups is 1. The number of ether oxygens (including phenoxy) is 1. The summed E-state index contributed by atoms with van der Waals surface area (Å²) in [6, 6.07) is 0. The van der Waals surface area contributed by atoms with Gasteiger partial charge in [-0.15, -0.1) is 0 Å². The van der Waals surface area contributed by atoms with Crippen molar-refractivity contribution >= 4 is 5.97 Å². The highest BCUT2D eigenvalue weighted by atomic mass is 17.2. The molecule has 0 saturated heterocycles. The summed E-state index contributed by atoms with van der Waals surface area (Å²) in [4.78, 5) is 20.6. The van der Waals surface area contributed by atoms with Crippen LogP contribution in [0.15, 0.2) is 25.0 Å². The van der Waals surface area contributed by atoms with Gasteiger partial charge >= 0.3 is 5.97 Å². The topological polar surface area (TPSA) is 44.8 Å². The lowest BCUT2D eigenvalue weighted by molar-refractivity contribution is -0.288. The fourth-order valence-corrected chi connectivity index (χ4v) is 0.866. The highest BCUT2D eigenvalue weighted by Crippen LogP contribution is 2.11. The molecule has 0 amide bonds. The van der Waals surface area contributed by atoms with Gasteiger partial charge in [0, 0.05) is 0 Å². The van der Waals surface area contributed by atoms with E-state index in [4.69, 9.17) is 9.62 Å². The van der Waals surface area contributed by atoms with Gasteiger partial charge < -0.3 is 4.74 Å². The molecule has 86 valence electrons. The Morgan fingerprint density at radius 3 is 2.47 bits per heavy atom. The van der Waals surface area contributed by atoms with Gasteiger partial charge in [0.25, 0.3) is 0 Å². The first-order valence-corrected chi connectivity index (χ1v) is 4.85. The first-order valence-electron chi connectivity index (χ1n) is 4.85. The number of rotatable bonds is 7. The molecule has 0 radical (unpaired) electrons. The molecule has 0 aliphatic carbocycles. The molecule has 0 rings (SSSR count). The van der Waals surface area contributed by atoms with Crippen molar-refractivity contribution in [1.29, 1.82) is 0 Å². The second kappa shape index (κ2) is 7.06. The largest absolute Gasteiger partial charge is 0.494 e. The van der Waals surface area contributed by atoms with E-state index in [1.165, 1.54) is 6.26 Å². The van der Waals surface area contributed by atoms with Crippen molar-refractivity contribution in [3.05, 3.63) is 25.0 Å². The summed E-state index contributed by atoms with van der Waals surface area (Å²) in [5.41, 5.74) is 0.220. The Hall–Kier alpha value is -1.29. The zero-order valence-electron chi connectivity index (χ0n) is 9.49. The molecule has 0 aromatic rings. The predicted octanol–water partition coefficient (Wildman–Crippen LogP) is 2.36. The lowest BCUT2D eigenvalue weighted by Gasteiger charge is -2.15. The molecular weight excluding hydrogens is 196 g/mol. The zero-order valence-corrected chi connectivity index (χ0v) is 9.49. The second-order valence-electron chi connectivity index (χ2n) is 3.24. The summed E-state index contributed by atoms with van der Waals surface area (Å²) in [6.07, 6.45) is 1.30. The van der Waals surface area contributed by atoms with Crippen LogP contribution in [0.1, 0.15) is 27.2 Å². The molecule has 0 aliphatic heterocycles. The minimum atomic E-state index is -0.614. The van der Waals surface area contributed by atoms with E-state index in [1.807, 2.05) is 6.92 Å². The van der Waals surface area contributed by atoms with E-state index in [0.29, 0.717) is 6.42 Å². The third kappa shape index (κ3) is 5.22. The summed E-state index contributed by atoms with van der Waals surface area (Å²) in [5, 5.41) is 0. The normalized spacial score (nSPS) is 12.0. The Kier molecular flexibility index (Phi) is 6.45. The van der Waals surface area contributed by atoms with Crippen LogP contribution < -0.4 is 0 Å². The summed E-state index contributed by atoms with van der Waals surface area (Å²) < 4.78 is 5.09. The van der Waals surface area contributed by atoms with Crippen molar-refractivity contribution in [2.45, 2.75) is 39.4 Å². The average molecular weight is 214 g/mol. The smallest absolute Gasteiger partial charge is 0.372 e. The summed E-state index contributed by atoms with van der Waals surface area (Å²) in [6.45, 7) is 12.4. The Morgan fingerprint density at radius 1 is 1.47 bits per heavy atom. The third-order valence-electron chi connectivity index (χ3n) is 1.60. The maximum atomic E-state index is 11.4. The maximum absolute atomic E-state index is 11.4. The number of hydrogen-bond donors (Lipinski definition) is 0. The highest BCUT2D eigenvalue weighted by molar-refractivity contribution is 5.88. The first kappa shape index (κ1) is 13.7. The summed E-state index contributed by atoms with van der Waals surface area (Å²) in [7, 11) is 0. The molecule has 0 aromatic heterocycles. The molecule has 0 bridgehead atoms. The van der Waals surface area contributed by atoms with E-state index in [2.05, 4.69) is 18.0 Å². The lowest BCUT2D eigenvalue weighted by Crippen LogP contribution is -2.21. The zero-order chi connectivity index (χ0) is 11.8. The molecule has 0 N–H and O–H groups in total. The molecule has 4 nitrogen and oxygen atoms in total. The van der Waals surface area contributed by atoms with Crippen LogP contribution in [-0.2, 0) is 19.3 Å². The molecule has 0 aliphatic rings. The van der Waals surface area contributed by atoms with Crippen molar-refractivity contribution in [3.63, 3.8) is 0 Å². The van der Waals surface area contributed by atoms with Crippen molar-refractivity contribution in [1.82, 2.24) is 0 Å². The van der Waals surface area contributed by atoms with Crippen LogP contribution in [0.3, 0.4) is 0 Å². The van der Waals surface area contributed by atoms with Crippen LogP contribution in [0.4, 0.5) is 0 Å². The fourth-order valence-electron chi connectivity index (χ4n) is 0.866. The highest BCUT2D eigenvalue weighted by Gasteiger charge is 2.20. The molecule has 0 heterocycles. The third-order valence-corrected chi connectivity index (χ3v) is 1.60. The summed E-state index contributed by atoms with van der Waals surface area (Å²) >= 11 is 0. The van der Waals surface area contributed by atoms with Crippen LogP contribution in [0.5, 0.6) is 0 Å². The molecule has 1 unspecified atom stereocenters. The van der Waals surface area contributed by atoms with Gasteiger partial charge in [0.1, 0.15) is 6.10 Å². The predicted molar refractivity (Wildman–Crippen MR) is 56.8 cm³/mol. The van der Waals surface area contributed by atoms with E-state index in [0.717, 1.165) is 0 Å². The van der Waals surface area contributed by atoms with E-state index >= 15 is 0 Å². The van der Waals surface area contributed by atoms with Crippen LogP contribution >= 0.6 is 0 Å². The average Bonchev–Trinajstić information content (AvgIpc) is 2.21. The van der Waals surface area contributed by atoms with Crippen molar-refractivity contribution in [3.8, 4) is 0 Å². The molecular formula is C11H18O4. The first-order chi connectivity index (χ1) is 7.02. The monoisotopic (exact) mass is 214 g/mol. The molecule has 0 saturated carbocycles. The molecule has 4 heteroatoms. The van der Waals surface area contributed by atoms with Gasteiger partial charge in [0.15, 0.2) is 0 Å². The maximum Gasteiger partial charge on any atom is 0.372 e. The molecule has 0 fully saturated rings. The molecule has 0 spiro atoms. The van der Waals surface area contributed by atoms with Gasteiger partial charge in [0.05, 0.1) is 17.9 Å². The van der Waals surface area contributed by atoms with Gasteiger partial charge in [-0.1, -0.05) is 20.1 Å². The van der Waals surface area contributed by atoms with Crippen molar-refractivity contribution in [2.24, 2.45) is 0 Å². The Bertz CT molecular complexity index is 233. The van der Waals surface area contributed by atoms with Crippen LogP contribution in [0.2, 0.25) is 0 Å². The lowest BCUT2D eigenvalue weighted by atomic mass is 10.1. The standard InChI is InChI=1S/C11H18O4/c1-6-10(13-7-2)9(5)11(12)15-14-8(3)4/h7-8,10H,2,5-6H2,1,3-4H3. The van der Waals surface area contributed by atoms with E-state index in [-0.39, 0.29) is 11.7 Å². The molecule has 15 heavy (non-hydrogen) atoms. The van der Waals surface area contributed by atoms with Crippen molar-refractivity contribution < 1.29 is 19.3 Å². The quantitative estimate of drug-likeness (QED) is 0.282. The van der Waals surface area contributed by atoms with Crippen LogP contribution in [0.25, 0.3) is 0 Å².